The SMILES string of the molecule is C=CC(C)(C)CNC1CC1. The fourth-order valence-electron chi connectivity index (χ4n) is 0.767. The molecular formula is C9H17N. The van der Waals surface area contributed by atoms with Gasteiger partial charge in [0.15, 0.2) is 0 Å². The van der Waals surface area contributed by atoms with Gasteiger partial charge >= 0.3 is 0 Å². The van der Waals surface area contributed by atoms with E-state index in [1.165, 1.54) is 12.8 Å². The topological polar surface area (TPSA) is 12.0 Å². The molecule has 1 nitrogen and oxygen atoms in total. The lowest BCUT2D eigenvalue weighted by Crippen LogP contribution is -2.29. The molecular weight excluding hydrogens is 122 g/mol. The zero-order chi connectivity index (χ0) is 7.61. The monoisotopic (exact) mass is 139 g/mol. The van der Waals surface area contributed by atoms with Crippen LogP contribution in [0.5, 0.6) is 0 Å². The third-order valence-corrected chi connectivity index (χ3v) is 1.98. The summed E-state index contributed by atoms with van der Waals surface area (Å²) in [5, 5.41) is 3.48. The van der Waals surface area contributed by atoms with Crippen molar-refractivity contribution in [3.63, 3.8) is 0 Å². The Labute approximate surface area is 63.5 Å². The Kier molecular flexibility index (Phi) is 2.14. The summed E-state index contributed by atoms with van der Waals surface area (Å²) in [5.41, 5.74) is 0.266. The van der Waals surface area contributed by atoms with Crippen LogP contribution in [0.2, 0.25) is 0 Å². The third kappa shape index (κ3) is 2.53. The van der Waals surface area contributed by atoms with Crippen LogP contribution in [0.1, 0.15) is 26.7 Å². The Hall–Kier alpha value is -0.300. The molecule has 0 aliphatic heterocycles. The summed E-state index contributed by atoms with van der Waals surface area (Å²) in [5.74, 6) is 0. The molecule has 0 unspecified atom stereocenters. The molecule has 0 aromatic carbocycles. The minimum Gasteiger partial charge on any atom is -0.313 e. The Balaban J connectivity index is 2.14. The summed E-state index contributed by atoms with van der Waals surface area (Å²) in [6.07, 6.45) is 4.75. The molecule has 1 aliphatic carbocycles. The van der Waals surface area contributed by atoms with E-state index in [2.05, 4.69) is 25.7 Å². The zero-order valence-corrected chi connectivity index (χ0v) is 6.98. The Morgan fingerprint density at radius 3 is 2.60 bits per heavy atom. The van der Waals surface area contributed by atoms with Crippen molar-refractivity contribution in [2.24, 2.45) is 5.41 Å². The number of hydrogen-bond donors (Lipinski definition) is 1. The maximum absolute atomic E-state index is 3.79. The van der Waals surface area contributed by atoms with Gasteiger partial charge in [-0.05, 0) is 18.3 Å². The largest absolute Gasteiger partial charge is 0.313 e. The second-order valence-electron chi connectivity index (χ2n) is 3.85. The Morgan fingerprint density at radius 2 is 2.20 bits per heavy atom. The van der Waals surface area contributed by atoms with Crippen molar-refractivity contribution in [1.29, 1.82) is 0 Å². The molecule has 1 aliphatic rings. The summed E-state index contributed by atoms with van der Waals surface area (Å²) < 4.78 is 0. The van der Waals surface area contributed by atoms with E-state index in [-0.39, 0.29) is 5.41 Å². The van der Waals surface area contributed by atoms with Gasteiger partial charge < -0.3 is 5.32 Å². The molecule has 1 heteroatoms. The standard InChI is InChI=1S/C9H17N/c1-4-9(2,3)7-10-8-5-6-8/h4,8,10H,1,5-7H2,2-3H3. The first-order valence-corrected chi connectivity index (χ1v) is 4.01. The first-order chi connectivity index (χ1) is 4.64. The molecule has 10 heavy (non-hydrogen) atoms. The Morgan fingerprint density at radius 1 is 1.60 bits per heavy atom. The van der Waals surface area contributed by atoms with E-state index in [9.17, 15) is 0 Å². The van der Waals surface area contributed by atoms with Gasteiger partial charge in [0.05, 0.1) is 0 Å². The van der Waals surface area contributed by atoms with Crippen molar-refractivity contribution in [2.45, 2.75) is 32.7 Å². The molecule has 1 N–H and O–H groups in total. The van der Waals surface area contributed by atoms with Crippen LogP contribution in [0.4, 0.5) is 0 Å². The molecule has 1 fully saturated rings. The lowest BCUT2D eigenvalue weighted by atomic mass is 9.94. The van der Waals surface area contributed by atoms with Crippen molar-refractivity contribution in [2.75, 3.05) is 6.54 Å². The second kappa shape index (κ2) is 2.75. The van der Waals surface area contributed by atoms with Gasteiger partial charge in [-0.25, -0.2) is 0 Å². The fraction of sp³-hybridized carbons (Fsp3) is 0.778. The van der Waals surface area contributed by atoms with Gasteiger partial charge in [-0.3, -0.25) is 0 Å². The van der Waals surface area contributed by atoms with E-state index in [0.29, 0.717) is 0 Å². The minimum atomic E-state index is 0.266. The van der Waals surface area contributed by atoms with E-state index in [0.717, 1.165) is 12.6 Å². The maximum atomic E-state index is 3.79. The van der Waals surface area contributed by atoms with E-state index in [1.54, 1.807) is 0 Å². The summed E-state index contributed by atoms with van der Waals surface area (Å²) in [6.45, 7) is 9.27. The quantitative estimate of drug-likeness (QED) is 0.587. The molecule has 1 saturated carbocycles. The third-order valence-electron chi connectivity index (χ3n) is 1.98. The first-order valence-electron chi connectivity index (χ1n) is 4.01. The van der Waals surface area contributed by atoms with Crippen molar-refractivity contribution in [1.82, 2.24) is 5.32 Å². The van der Waals surface area contributed by atoms with Crippen LogP contribution in [-0.4, -0.2) is 12.6 Å². The van der Waals surface area contributed by atoms with E-state index < -0.39 is 0 Å². The highest BCUT2D eigenvalue weighted by Gasteiger charge is 2.23. The molecule has 0 amide bonds. The number of hydrogen-bond acceptors (Lipinski definition) is 1. The van der Waals surface area contributed by atoms with Crippen LogP contribution in [-0.2, 0) is 0 Å². The summed E-state index contributed by atoms with van der Waals surface area (Å²) in [7, 11) is 0. The molecule has 0 atom stereocenters. The van der Waals surface area contributed by atoms with E-state index in [4.69, 9.17) is 0 Å². The van der Waals surface area contributed by atoms with Crippen LogP contribution < -0.4 is 5.32 Å². The number of nitrogens with one attached hydrogen (secondary N) is 1. The minimum absolute atomic E-state index is 0.266. The summed E-state index contributed by atoms with van der Waals surface area (Å²) >= 11 is 0. The van der Waals surface area contributed by atoms with Crippen molar-refractivity contribution >= 4 is 0 Å². The van der Waals surface area contributed by atoms with Gasteiger partial charge in [0.1, 0.15) is 0 Å². The van der Waals surface area contributed by atoms with Crippen molar-refractivity contribution < 1.29 is 0 Å². The summed E-state index contributed by atoms with van der Waals surface area (Å²) in [6, 6.07) is 0.819. The van der Waals surface area contributed by atoms with Gasteiger partial charge in [0.25, 0.3) is 0 Å². The van der Waals surface area contributed by atoms with Crippen LogP contribution >= 0.6 is 0 Å². The molecule has 58 valence electrons. The summed E-state index contributed by atoms with van der Waals surface area (Å²) in [4.78, 5) is 0. The predicted octanol–water partition coefficient (Wildman–Crippen LogP) is 1.95. The maximum Gasteiger partial charge on any atom is 0.00685 e. The zero-order valence-electron chi connectivity index (χ0n) is 6.98. The Bertz CT molecular complexity index is 123. The van der Waals surface area contributed by atoms with Gasteiger partial charge in [0, 0.05) is 12.6 Å². The molecule has 0 heterocycles. The fourth-order valence-corrected chi connectivity index (χ4v) is 0.767. The predicted molar refractivity (Wildman–Crippen MR) is 45.0 cm³/mol. The first kappa shape index (κ1) is 7.80. The van der Waals surface area contributed by atoms with Crippen LogP contribution in [0.3, 0.4) is 0 Å². The lowest BCUT2D eigenvalue weighted by Gasteiger charge is -2.19. The van der Waals surface area contributed by atoms with Crippen LogP contribution in [0.15, 0.2) is 12.7 Å². The van der Waals surface area contributed by atoms with Gasteiger partial charge in [-0.2, -0.15) is 0 Å². The average molecular weight is 139 g/mol. The smallest absolute Gasteiger partial charge is 0.00685 e. The molecule has 0 saturated heterocycles. The number of rotatable bonds is 4. The second-order valence-corrected chi connectivity index (χ2v) is 3.85. The molecule has 0 aromatic rings. The normalized spacial score (nSPS) is 19.0. The molecule has 1 rings (SSSR count). The van der Waals surface area contributed by atoms with Crippen LogP contribution in [0.25, 0.3) is 0 Å². The lowest BCUT2D eigenvalue weighted by molar-refractivity contribution is 0.432. The van der Waals surface area contributed by atoms with Gasteiger partial charge in [-0.1, -0.05) is 19.9 Å². The average Bonchev–Trinajstić information content (AvgIpc) is 2.66. The molecule has 0 bridgehead atoms. The van der Waals surface area contributed by atoms with Gasteiger partial charge in [0.2, 0.25) is 0 Å². The highest BCUT2D eigenvalue weighted by atomic mass is 15.0. The highest BCUT2D eigenvalue weighted by molar-refractivity contribution is 4.92. The molecule has 0 aromatic heterocycles. The van der Waals surface area contributed by atoms with Crippen molar-refractivity contribution in [3.8, 4) is 0 Å². The van der Waals surface area contributed by atoms with Crippen molar-refractivity contribution in [3.05, 3.63) is 12.7 Å². The van der Waals surface area contributed by atoms with Crippen LogP contribution in [0, 0.1) is 5.41 Å². The molecule has 0 spiro atoms. The molecule has 0 radical (unpaired) electrons. The van der Waals surface area contributed by atoms with E-state index >= 15 is 0 Å². The van der Waals surface area contributed by atoms with E-state index in [1.807, 2.05) is 6.08 Å². The highest BCUT2D eigenvalue weighted by Crippen LogP contribution is 2.21. The van der Waals surface area contributed by atoms with Gasteiger partial charge in [-0.15, -0.1) is 6.58 Å².